The van der Waals surface area contributed by atoms with E-state index in [1.54, 1.807) is 18.7 Å². The van der Waals surface area contributed by atoms with Crippen LogP contribution in [-0.2, 0) is 19.0 Å². The largest absolute Gasteiger partial charge is 0.449 e. The van der Waals surface area contributed by atoms with Gasteiger partial charge in [0, 0.05) is 19.5 Å². The lowest BCUT2D eigenvalue weighted by Crippen LogP contribution is -2.41. The van der Waals surface area contributed by atoms with Crippen molar-refractivity contribution in [3.63, 3.8) is 0 Å². The van der Waals surface area contributed by atoms with Gasteiger partial charge in [0.15, 0.2) is 5.78 Å². The van der Waals surface area contributed by atoms with E-state index in [4.69, 9.17) is 14.2 Å². The lowest BCUT2D eigenvalue weighted by molar-refractivity contribution is -0.139. The number of hydrogen-bond donors (Lipinski definition) is 0. The van der Waals surface area contributed by atoms with Crippen molar-refractivity contribution >= 4 is 11.9 Å². The molecule has 1 heterocycles. The van der Waals surface area contributed by atoms with Crippen LogP contribution < -0.4 is 0 Å². The number of carbonyl (C=O) groups is 2. The van der Waals surface area contributed by atoms with E-state index >= 15 is 0 Å². The van der Waals surface area contributed by atoms with E-state index in [0.29, 0.717) is 51.3 Å². The van der Waals surface area contributed by atoms with Crippen molar-refractivity contribution in [2.45, 2.75) is 39.2 Å². The summed E-state index contributed by atoms with van der Waals surface area (Å²) < 4.78 is 16.1. The van der Waals surface area contributed by atoms with E-state index in [0.717, 1.165) is 0 Å². The molecule has 0 aromatic rings. The summed E-state index contributed by atoms with van der Waals surface area (Å²) in [6.07, 6.45) is 0.807. The summed E-state index contributed by atoms with van der Waals surface area (Å²) in [4.78, 5) is 25.4. The van der Waals surface area contributed by atoms with Gasteiger partial charge in [-0.2, -0.15) is 0 Å². The predicted octanol–water partition coefficient (Wildman–Crippen LogP) is 2.18. The highest BCUT2D eigenvalue weighted by Gasteiger charge is 2.32. The molecule has 1 atom stereocenters. The van der Waals surface area contributed by atoms with Crippen LogP contribution >= 0.6 is 0 Å². The zero-order chi connectivity index (χ0) is 16.6. The second-order valence-corrected chi connectivity index (χ2v) is 5.61. The molecule has 126 valence electrons. The average Bonchev–Trinajstić information content (AvgIpc) is 2.54. The Labute approximate surface area is 132 Å². The topological polar surface area (TPSA) is 65.1 Å². The Morgan fingerprint density at radius 3 is 2.45 bits per heavy atom. The summed E-state index contributed by atoms with van der Waals surface area (Å²) >= 11 is 0. The number of ketones is 1. The van der Waals surface area contributed by atoms with E-state index < -0.39 is 5.60 Å². The number of nitrogens with zero attached hydrogens (tertiary/aromatic N) is 1. The lowest BCUT2D eigenvalue weighted by Gasteiger charge is -2.28. The Bertz CT molecular complexity index is 403. The van der Waals surface area contributed by atoms with E-state index in [1.807, 2.05) is 6.92 Å². The van der Waals surface area contributed by atoms with Gasteiger partial charge >= 0.3 is 6.09 Å². The molecule has 6 heteroatoms. The minimum atomic E-state index is -0.847. The van der Waals surface area contributed by atoms with Crippen LogP contribution in [0.5, 0.6) is 0 Å². The quantitative estimate of drug-likeness (QED) is 0.507. The van der Waals surface area contributed by atoms with Gasteiger partial charge in [0.2, 0.25) is 0 Å². The summed E-state index contributed by atoms with van der Waals surface area (Å²) in [5.41, 5.74) is -0.358. The van der Waals surface area contributed by atoms with Gasteiger partial charge in [-0.05, 0) is 25.8 Å². The third-order valence-electron chi connectivity index (χ3n) is 3.75. The first-order valence-electron chi connectivity index (χ1n) is 7.74. The first-order chi connectivity index (χ1) is 10.4. The standard InChI is InChI=1S/C16H27NO5/c1-5-16(4,14(18)13(2)3)22-10-6-9-21-15(19)17-7-11-20-12-8-17/h2,5-12H2,1,3-4H3. The molecule has 1 saturated heterocycles. The Hall–Kier alpha value is -1.40. The van der Waals surface area contributed by atoms with Crippen LogP contribution in [0.25, 0.3) is 0 Å². The van der Waals surface area contributed by atoms with Crippen molar-refractivity contribution in [2.75, 3.05) is 39.5 Å². The zero-order valence-corrected chi connectivity index (χ0v) is 13.9. The fraction of sp³-hybridized carbons (Fsp3) is 0.750. The number of ether oxygens (including phenoxy) is 3. The Morgan fingerprint density at radius 1 is 1.27 bits per heavy atom. The highest BCUT2D eigenvalue weighted by atomic mass is 16.6. The minimum absolute atomic E-state index is 0.0830. The molecule has 22 heavy (non-hydrogen) atoms. The molecular formula is C16H27NO5. The number of hydrogen-bond acceptors (Lipinski definition) is 5. The van der Waals surface area contributed by atoms with Gasteiger partial charge < -0.3 is 19.1 Å². The molecule has 0 saturated carbocycles. The van der Waals surface area contributed by atoms with Crippen molar-refractivity contribution in [3.05, 3.63) is 12.2 Å². The molecule has 0 aromatic heterocycles. The molecule has 1 unspecified atom stereocenters. The molecule has 1 rings (SSSR count). The third-order valence-corrected chi connectivity index (χ3v) is 3.75. The number of amides is 1. The van der Waals surface area contributed by atoms with Crippen LogP contribution in [0.4, 0.5) is 4.79 Å². The van der Waals surface area contributed by atoms with E-state index in [2.05, 4.69) is 6.58 Å². The maximum atomic E-state index is 12.0. The molecule has 1 fully saturated rings. The first-order valence-corrected chi connectivity index (χ1v) is 7.74. The Morgan fingerprint density at radius 2 is 1.91 bits per heavy atom. The van der Waals surface area contributed by atoms with Crippen molar-refractivity contribution in [3.8, 4) is 0 Å². The van der Waals surface area contributed by atoms with Gasteiger partial charge in [0.05, 0.1) is 26.4 Å². The molecule has 0 radical (unpaired) electrons. The fourth-order valence-corrected chi connectivity index (χ4v) is 2.13. The average molecular weight is 313 g/mol. The molecule has 0 bridgehead atoms. The molecule has 0 N–H and O–H groups in total. The monoisotopic (exact) mass is 313 g/mol. The maximum absolute atomic E-state index is 12.0. The Balaban J connectivity index is 2.24. The second kappa shape index (κ2) is 8.90. The smallest absolute Gasteiger partial charge is 0.409 e. The summed E-state index contributed by atoms with van der Waals surface area (Å²) in [7, 11) is 0. The van der Waals surface area contributed by atoms with Gasteiger partial charge in [0.25, 0.3) is 0 Å². The van der Waals surface area contributed by atoms with Crippen LogP contribution in [0.15, 0.2) is 12.2 Å². The molecule has 1 aliphatic rings. The third kappa shape index (κ3) is 5.42. The minimum Gasteiger partial charge on any atom is -0.449 e. The van der Waals surface area contributed by atoms with Crippen LogP contribution in [0.2, 0.25) is 0 Å². The molecule has 6 nitrogen and oxygen atoms in total. The van der Waals surface area contributed by atoms with Gasteiger partial charge in [-0.15, -0.1) is 0 Å². The van der Waals surface area contributed by atoms with Crippen LogP contribution in [0.3, 0.4) is 0 Å². The van der Waals surface area contributed by atoms with E-state index in [9.17, 15) is 9.59 Å². The van der Waals surface area contributed by atoms with Crippen LogP contribution in [-0.4, -0.2) is 61.9 Å². The highest BCUT2D eigenvalue weighted by Crippen LogP contribution is 2.20. The first kappa shape index (κ1) is 18.6. The second-order valence-electron chi connectivity index (χ2n) is 5.61. The highest BCUT2D eigenvalue weighted by molar-refractivity contribution is 6.00. The van der Waals surface area contributed by atoms with Gasteiger partial charge in [-0.1, -0.05) is 13.5 Å². The molecule has 0 aromatic carbocycles. The number of Topliss-reactive ketones (excluding diaryl/α,β-unsaturated/α-hetero) is 1. The fourth-order valence-electron chi connectivity index (χ4n) is 2.13. The van der Waals surface area contributed by atoms with Crippen LogP contribution in [0.1, 0.15) is 33.6 Å². The van der Waals surface area contributed by atoms with Crippen molar-refractivity contribution in [1.82, 2.24) is 4.90 Å². The number of carbonyl (C=O) groups excluding carboxylic acids is 2. The van der Waals surface area contributed by atoms with E-state index in [1.165, 1.54) is 0 Å². The molecule has 1 aliphatic heterocycles. The summed E-state index contributed by atoms with van der Waals surface area (Å²) in [6, 6.07) is 0. The van der Waals surface area contributed by atoms with Crippen molar-refractivity contribution < 1.29 is 23.8 Å². The van der Waals surface area contributed by atoms with Crippen LogP contribution in [0, 0.1) is 0 Å². The summed E-state index contributed by atoms with van der Waals surface area (Å²) in [5, 5.41) is 0. The normalized spacial score (nSPS) is 17.7. The van der Waals surface area contributed by atoms with Gasteiger partial charge in [0.1, 0.15) is 5.60 Å². The van der Waals surface area contributed by atoms with Crippen molar-refractivity contribution in [1.29, 1.82) is 0 Å². The SMILES string of the molecule is C=C(C)C(=O)C(C)(CC)OCCCOC(=O)N1CCOCC1. The number of morpholine rings is 1. The van der Waals surface area contributed by atoms with Gasteiger partial charge in [-0.3, -0.25) is 4.79 Å². The van der Waals surface area contributed by atoms with E-state index in [-0.39, 0.29) is 18.5 Å². The molecule has 0 spiro atoms. The Kier molecular flexibility index (Phi) is 7.55. The summed E-state index contributed by atoms with van der Waals surface area (Å²) in [6.45, 7) is 11.9. The zero-order valence-electron chi connectivity index (χ0n) is 13.9. The molecule has 1 amide bonds. The number of rotatable bonds is 8. The predicted molar refractivity (Wildman–Crippen MR) is 82.8 cm³/mol. The lowest BCUT2D eigenvalue weighted by atomic mass is 9.93. The van der Waals surface area contributed by atoms with Gasteiger partial charge in [-0.25, -0.2) is 4.79 Å². The maximum Gasteiger partial charge on any atom is 0.409 e. The molecular weight excluding hydrogens is 286 g/mol. The van der Waals surface area contributed by atoms with Crippen molar-refractivity contribution in [2.24, 2.45) is 0 Å². The summed E-state index contributed by atoms with van der Waals surface area (Å²) in [5.74, 6) is -0.0830. The molecule has 0 aliphatic carbocycles.